The maximum Gasteiger partial charge on any atom is 0.260 e. The van der Waals surface area contributed by atoms with Gasteiger partial charge in [0.1, 0.15) is 0 Å². The zero-order chi connectivity index (χ0) is 14.1. The first kappa shape index (κ1) is 13.0. The SMILES string of the molecule is Cc1ccc(N2CC(=O)N3CCCCN3C(=O)C2)cc1. The fraction of sp³-hybridized carbons (Fsp3) is 0.467. The Morgan fingerprint density at radius 3 is 1.85 bits per heavy atom. The van der Waals surface area contributed by atoms with Crippen molar-refractivity contribution in [3.63, 3.8) is 0 Å². The lowest BCUT2D eigenvalue weighted by Gasteiger charge is -2.36. The van der Waals surface area contributed by atoms with Crippen LogP contribution in [0.3, 0.4) is 0 Å². The van der Waals surface area contributed by atoms with E-state index in [0.29, 0.717) is 13.1 Å². The number of amides is 2. The van der Waals surface area contributed by atoms with Crippen LogP contribution in [0.5, 0.6) is 0 Å². The Morgan fingerprint density at radius 2 is 1.35 bits per heavy atom. The fourth-order valence-electron chi connectivity index (χ4n) is 2.77. The molecule has 1 aromatic carbocycles. The number of anilines is 1. The molecule has 2 heterocycles. The summed E-state index contributed by atoms with van der Waals surface area (Å²) < 4.78 is 0. The van der Waals surface area contributed by atoms with E-state index in [-0.39, 0.29) is 24.9 Å². The zero-order valence-corrected chi connectivity index (χ0v) is 11.7. The Hall–Kier alpha value is -2.04. The van der Waals surface area contributed by atoms with Gasteiger partial charge in [-0.05, 0) is 31.9 Å². The van der Waals surface area contributed by atoms with Gasteiger partial charge in [0.05, 0.1) is 13.1 Å². The molecule has 0 atom stereocenters. The number of aryl methyl sites for hydroxylation is 1. The van der Waals surface area contributed by atoms with Crippen LogP contribution in [0.25, 0.3) is 0 Å². The topological polar surface area (TPSA) is 43.9 Å². The Morgan fingerprint density at radius 1 is 0.850 bits per heavy atom. The summed E-state index contributed by atoms with van der Waals surface area (Å²) in [7, 11) is 0. The van der Waals surface area contributed by atoms with E-state index in [0.717, 1.165) is 18.5 Å². The first-order valence-electron chi connectivity index (χ1n) is 7.07. The summed E-state index contributed by atoms with van der Waals surface area (Å²) in [6.45, 7) is 3.88. The molecule has 0 aliphatic carbocycles. The van der Waals surface area contributed by atoms with Crippen LogP contribution in [0.2, 0.25) is 0 Å². The molecule has 2 amide bonds. The molecule has 106 valence electrons. The highest BCUT2D eigenvalue weighted by Crippen LogP contribution is 2.20. The average Bonchev–Trinajstić information content (AvgIpc) is 2.58. The van der Waals surface area contributed by atoms with E-state index < -0.39 is 0 Å². The van der Waals surface area contributed by atoms with E-state index in [2.05, 4.69) is 0 Å². The van der Waals surface area contributed by atoms with Crippen molar-refractivity contribution in [1.29, 1.82) is 0 Å². The van der Waals surface area contributed by atoms with Crippen LogP contribution in [0, 0.1) is 6.92 Å². The third-order valence-corrected chi connectivity index (χ3v) is 3.91. The van der Waals surface area contributed by atoms with Gasteiger partial charge in [-0.2, -0.15) is 0 Å². The molecule has 0 saturated carbocycles. The highest BCUT2D eigenvalue weighted by atomic mass is 16.2. The summed E-state index contributed by atoms with van der Waals surface area (Å²) in [4.78, 5) is 26.5. The molecule has 0 unspecified atom stereocenters. The second kappa shape index (κ2) is 5.15. The summed E-state index contributed by atoms with van der Waals surface area (Å²) in [5.74, 6) is 0.0206. The van der Waals surface area contributed by atoms with Crippen LogP contribution in [0.1, 0.15) is 18.4 Å². The first-order valence-corrected chi connectivity index (χ1v) is 7.07. The van der Waals surface area contributed by atoms with E-state index in [1.54, 1.807) is 10.0 Å². The third-order valence-electron chi connectivity index (χ3n) is 3.91. The molecule has 3 rings (SSSR count). The molecule has 2 saturated heterocycles. The number of nitrogens with zero attached hydrogens (tertiary/aromatic N) is 3. The number of carbonyl (C=O) groups excluding carboxylic acids is 2. The van der Waals surface area contributed by atoms with Gasteiger partial charge >= 0.3 is 0 Å². The Labute approximate surface area is 118 Å². The highest BCUT2D eigenvalue weighted by molar-refractivity contribution is 5.91. The Bertz CT molecular complexity index is 500. The molecule has 20 heavy (non-hydrogen) atoms. The summed E-state index contributed by atoms with van der Waals surface area (Å²) in [5.41, 5.74) is 2.10. The third kappa shape index (κ3) is 2.35. The lowest BCUT2D eigenvalue weighted by Crippen LogP contribution is -2.52. The van der Waals surface area contributed by atoms with Gasteiger partial charge in [0.25, 0.3) is 11.8 Å². The minimum Gasteiger partial charge on any atom is -0.353 e. The van der Waals surface area contributed by atoms with Gasteiger partial charge in [-0.25, -0.2) is 10.0 Å². The Balaban J connectivity index is 1.86. The standard InChI is InChI=1S/C15H19N3O2/c1-12-4-6-13(7-5-12)16-10-14(19)17-8-2-3-9-18(17)15(20)11-16/h4-7H,2-3,8-11H2,1H3. The molecular formula is C15H19N3O2. The number of hydrogen-bond donors (Lipinski definition) is 0. The van der Waals surface area contributed by atoms with Crippen LogP contribution in [-0.2, 0) is 9.59 Å². The maximum absolute atomic E-state index is 12.3. The molecule has 5 heteroatoms. The van der Waals surface area contributed by atoms with Crippen LogP contribution < -0.4 is 4.90 Å². The fourth-order valence-corrected chi connectivity index (χ4v) is 2.77. The number of fused-ring (bicyclic) bond motifs is 1. The summed E-state index contributed by atoms with van der Waals surface area (Å²) in [5, 5.41) is 3.25. The van der Waals surface area contributed by atoms with Crippen molar-refractivity contribution in [3.05, 3.63) is 29.8 Å². The molecule has 0 radical (unpaired) electrons. The molecule has 1 aromatic rings. The number of benzene rings is 1. The van der Waals surface area contributed by atoms with Crippen LogP contribution >= 0.6 is 0 Å². The van der Waals surface area contributed by atoms with Gasteiger partial charge < -0.3 is 4.90 Å². The van der Waals surface area contributed by atoms with E-state index >= 15 is 0 Å². The minimum atomic E-state index is 0.0103. The van der Waals surface area contributed by atoms with Gasteiger partial charge in [0, 0.05) is 18.8 Å². The van der Waals surface area contributed by atoms with Crippen molar-refractivity contribution in [1.82, 2.24) is 10.0 Å². The minimum absolute atomic E-state index is 0.0103. The van der Waals surface area contributed by atoms with E-state index in [1.165, 1.54) is 5.56 Å². The van der Waals surface area contributed by atoms with Gasteiger partial charge in [-0.15, -0.1) is 0 Å². The lowest BCUT2D eigenvalue weighted by atomic mass is 10.2. The number of hydrazine groups is 1. The van der Waals surface area contributed by atoms with Crippen molar-refractivity contribution in [2.75, 3.05) is 31.1 Å². The summed E-state index contributed by atoms with van der Waals surface area (Å²) in [6, 6.07) is 7.94. The van der Waals surface area contributed by atoms with Gasteiger partial charge in [-0.1, -0.05) is 17.7 Å². The second-order valence-electron chi connectivity index (χ2n) is 5.43. The molecule has 2 aliphatic rings. The second-order valence-corrected chi connectivity index (χ2v) is 5.43. The van der Waals surface area contributed by atoms with E-state index in [1.807, 2.05) is 36.1 Å². The van der Waals surface area contributed by atoms with E-state index in [9.17, 15) is 9.59 Å². The predicted molar refractivity (Wildman–Crippen MR) is 76.1 cm³/mol. The average molecular weight is 273 g/mol. The number of hydrogen-bond acceptors (Lipinski definition) is 3. The van der Waals surface area contributed by atoms with E-state index in [4.69, 9.17) is 0 Å². The maximum atomic E-state index is 12.3. The molecule has 2 aliphatic heterocycles. The smallest absolute Gasteiger partial charge is 0.260 e. The molecule has 0 aromatic heterocycles. The van der Waals surface area contributed by atoms with Crippen molar-refractivity contribution in [3.8, 4) is 0 Å². The van der Waals surface area contributed by atoms with Crippen molar-refractivity contribution < 1.29 is 9.59 Å². The first-order chi connectivity index (χ1) is 9.65. The molecule has 2 fully saturated rings. The summed E-state index contributed by atoms with van der Waals surface area (Å²) in [6.07, 6.45) is 1.94. The van der Waals surface area contributed by atoms with Crippen LogP contribution in [-0.4, -0.2) is 48.0 Å². The van der Waals surface area contributed by atoms with Gasteiger partial charge in [-0.3, -0.25) is 9.59 Å². The number of rotatable bonds is 1. The zero-order valence-electron chi connectivity index (χ0n) is 11.7. The van der Waals surface area contributed by atoms with Crippen molar-refractivity contribution >= 4 is 17.5 Å². The molecular weight excluding hydrogens is 254 g/mol. The van der Waals surface area contributed by atoms with Gasteiger partial charge in [0.15, 0.2) is 0 Å². The van der Waals surface area contributed by atoms with Crippen molar-refractivity contribution in [2.24, 2.45) is 0 Å². The molecule has 5 nitrogen and oxygen atoms in total. The van der Waals surface area contributed by atoms with Crippen LogP contribution in [0.15, 0.2) is 24.3 Å². The predicted octanol–water partition coefficient (Wildman–Crippen LogP) is 1.18. The largest absolute Gasteiger partial charge is 0.353 e. The normalized spacial score (nSPS) is 19.9. The lowest BCUT2D eigenvalue weighted by molar-refractivity contribution is -0.163. The quantitative estimate of drug-likeness (QED) is 0.772. The van der Waals surface area contributed by atoms with Crippen LogP contribution in [0.4, 0.5) is 5.69 Å². The molecule has 0 N–H and O–H groups in total. The van der Waals surface area contributed by atoms with Crippen molar-refractivity contribution in [2.45, 2.75) is 19.8 Å². The number of carbonyl (C=O) groups is 2. The highest BCUT2D eigenvalue weighted by Gasteiger charge is 2.34. The monoisotopic (exact) mass is 273 g/mol. The summed E-state index contributed by atoms with van der Waals surface area (Å²) >= 11 is 0. The molecule has 0 bridgehead atoms. The van der Waals surface area contributed by atoms with Gasteiger partial charge in [0.2, 0.25) is 0 Å². The Kier molecular flexibility index (Phi) is 3.34. The molecule has 0 spiro atoms.